The maximum absolute atomic E-state index is 12.4. The lowest BCUT2D eigenvalue weighted by molar-refractivity contribution is -0.121. The summed E-state index contributed by atoms with van der Waals surface area (Å²) < 4.78 is 1.83. The van der Waals surface area contributed by atoms with Crippen molar-refractivity contribution in [2.75, 3.05) is 6.54 Å². The zero-order chi connectivity index (χ0) is 17.8. The number of aryl methyl sites for hydroxylation is 1. The molecule has 1 atom stereocenters. The molecule has 0 aliphatic heterocycles. The highest BCUT2D eigenvalue weighted by molar-refractivity contribution is 7.15. The van der Waals surface area contributed by atoms with Crippen molar-refractivity contribution in [2.45, 2.75) is 39.5 Å². The number of carbonyl (C=O) groups excluding carboxylic acids is 1. The van der Waals surface area contributed by atoms with E-state index in [-0.39, 0.29) is 11.8 Å². The summed E-state index contributed by atoms with van der Waals surface area (Å²) >= 11 is 1.57. The van der Waals surface area contributed by atoms with E-state index < -0.39 is 0 Å². The van der Waals surface area contributed by atoms with Crippen LogP contribution in [0.5, 0.6) is 0 Å². The standard InChI is InChI=1S/C19H24N4OS/c1-13(2)17(15-6-4-14(3)5-7-15)10-18(24)20-9-8-16-11-25-19-21-12-22-23(16)19/h4-7,11-13,17H,8-10H2,1-3H3,(H,20,24). The van der Waals surface area contributed by atoms with E-state index in [1.54, 1.807) is 17.7 Å². The monoisotopic (exact) mass is 356 g/mol. The van der Waals surface area contributed by atoms with E-state index in [1.807, 2.05) is 9.90 Å². The molecule has 0 bridgehead atoms. The van der Waals surface area contributed by atoms with E-state index in [4.69, 9.17) is 0 Å². The van der Waals surface area contributed by atoms with Crippen molar-refractivity contribution in [1.82, 2.24) is 19.9 Å². The topological polar surface area (TPSA) is 59.3 Å². The number of aromatic nitrogens is 3. The van der Waals surface area contributed by atoms with E-state index in [1.165, 1.54) is 11.1 Å². The highest BCUT2D eigenvalue weighted by Gasteiger charge is 2.19. The van der Waals surface area contributed by atoms with Crippen LogP contribution >= 0.6 is 11.3 Å². The minimum Gasteiger partial charge on any atom is -0.356 e. The third kappa shape index (κ3) is 4.25. The van der Waals surface area contributed by atoms with Crippen LogP contribution < -0.4 is 5.32 Å². The van der Waals surface area contributed by atoms with Crippen LogP contribution in [0.15, 0.2) is 36.0 Å². The molecule has 0 saturated heterocycles. The molecule has 6 heteroatoms. The molecular weight excluding hydrogens is 332 g/mol. The number of hydrogen-bond donors (Lipinski definition) is 1. The molecule has 1 amide bonds. The van der Waals surface area contributed by atoms with E-state index >= 15 is 0 Å². The van der Waals surface area contributed by atoms with Gasteiger partial charge in [0, 0.05) is 24.8 Å². The summed E-state index contributed by atoms with van der Waals surface area (Å²) in [6.07, 6.45) is 2.83. The molecule has 0 spiro atoms. The van der Waals surface area contributed by atoms with Crippen molar-refractivity contribution in [3.05, 3.63) is 52.8 Å². The molecule has 1 unspecified atom stereocenters. The van der Waals surface area contributed by atoms with Crippen molar-refractivity contribution in [3.63, 3.8) is 0 Å². The first-order valence-electron chi connectivity index (χ1n) is 8.64. The van der Waals surface area contributed by atoms with E-state index in [9.17, 15) is 4.79 Å². The molecule has 1 N–H and O–H groups in total. The zero-order valence-corrected chi connectivity index (χ0v) is 15.7. The number of amides is 1. The zero-order valence-electron chi connectivity index (χ0n) is 14.9. The van der Waals surface area contributed by atoms with Crippen LogP contribution in [0.1, 0.15) is 43.0 Å². The van der Waals surface area contributed by atoms with Crippen LogP contribution in [0.25, 0.3) is 4.96 Å². The normalized spacial score (nSPS) is 12.6. The van der Waals surface area contributed by atoms with Crippen molar-refractivity contribution < 1.29 is 4.79 Å². The van der Waals surface area contributed by atoms with Gasteiger partial charge in [0.25, 0.3) is 0 Å². The van der Waals surface area contributed by atoms with Gasteiger partial charge in [-0.3, -0.25) is 4.79 Å². The Labute approximate surface area is 152 Å². The molecule has 0 fully saturated rings. The van der Waals surface area contributed by atoms with Crippen molar-refractivity contribution >= 4 is 22.2 Å². The molecule has 2 aromatic heterocycles. The number of fused-ring (bicyclic) bond motifs is 1. The smallest absolute Gasteiger partial charge is 0.220 e. The Balaban J connectivity index is 1.55. The SMILES string of the molecule is Cc1ccc(C(CC(=O)NCCc2csc3ncnn23)C(C)C)cc1. The summed E-state index contributed by atoms with van der Waals surface area (Å²) in [5, 5.41) is 9.29. The van der Waals surface area contributed by atoms with Crippen LogP contribution in [-0.2, 0) is 11.2 Å². The van der Waals surface area contributed by atoms with E-state index in [2.05, 4.69) is 60.4 Å². The predicted octanol–water partition coefficient (Wildman–Crippen LogP) is 3.59. The number of rotatable bonds is 7. The molecule has 0 radical (unpaired) electrons. The van der Waals surface area contributed by atoms with Gasteiger partial charge in [-0.05, 0) is 24.3 Å². The fraction of sp³-hybridized carbons (Fsp3) is 0.421. The van der Waals surface area contributed by atoms with Gasteiger partial charge < -0.3 is 5.32 Å². The lowest BCUT2D eigenvalue weighted by Gasteiger charge is -2.21. The fourth-order valence-electron chi connectivity index (χ4n) is 3.00. The van der Waals surface area contributed by atoms with Gasteiger partial charge in [-0.2, -0.15) is 5.10 Å². The molecular formula is C19H24N4OS. The van der Waals surface area contributed by atoms with Gasteiger partial charge in [-0.1, -0.05) is 43.7 Å². The average Bonchev–Trinajstić information content (AvgIpc) is 3.18. The predicted molar refractivity (Wildman–Crippen MR) is 101 cm³/mol. The van der Waals surface area contributed by atoms with Crippen LogP contribution in [0.3, 0.4) is 0 Å². The second-order valence-electron chi connectivity index (χ2n) is 6.75. The molecule has 5 nitrogen and oxygen atoms in total. The summed E-state index contributed by atoms with van der Waals surface area (Å²) in [5.74, 6) is 0.758. The minimum absolute atomic E-state index is 0.101. The largest absolute Gasteiger partial charge is 0.356 e. The van der Waals surface area contributed by atoms with E-state index in [0.29, 0.717) is 18.9 Å². The third-order valence-electron chi connectivity index (χ3n) is 4.51. The Morgan fingerprint density at radius 2 is 2.04 bits per heavy atom. The average molecular weight is 356 g/mol. The Morgan fingerprint density at radius 3 is 2.76 bits per heavy atom. The maximum Gasteiger partial charge on any atom is 0.220 e. The van der Waals surface area contributed by atoms with Gasteiger partial charge in [-0.15, -0.1) is 11.3 Å². The molecule has 25 heavy (non-hydrogen) atoms. The van der Waals surface area contributed by atoms with Gasteiger partial charge in [0.2, 0.25) is 10.9 Å². The first kappa shape index (κ1) is 17.6. The number of thiazole rings is 1. The molecule has 1 aromatic carbocycles. The van der Waals surface area contributed by atoms with Gasteiger partial charge in [-0.25, -0.2) is 9.50 Å². The number of nitrogens with zero attached hydrogens (tertiary/aromatic N) is 3. The molecule has 3 rings (SSSR count). The van der Waals surface area contributed by atoms with Gasteiger partial charge in [0.15, 0.2) is 0 Å². The number of hydrogen-bond acceptors (Lipinski definition) is 4. The van der Waals surface area contributed by atoms with Gasteiger partial charge in [0.05, 0.1) is 5.69 Å². The van der Waals surface area contributed by atoms with Crippen LogP contribution in [-0.4, -0.2) is 27.0 Å². The maximum atomic E-state index is 12.4. The number of benzene rings is 1. The molecule has 3 aromatic rings. The van der Waals surface area contributed by atoms with E-state index in [0.717, 1.165) is 17.1 Å². The van der Waals surface area contributed by atoms with Crippen molar-refractivity contribution in [1.29, 1.82) is 0 Å². The first-order valence-corrected chi connectivity index (χ1v) is 9.52. The number of nitrogens with one attached hydrogen (secondary N) is 1. The summed E-state index contributed by atoms with van der Waals surface area (Å²) in [4.78, 5) is 17.5. The summed E-state index contributed by atoms with van der Waals surface area (Å²) in [7, 11) is 0. The first-order chi connectivity index (χ1) is 12.0. The molecule has 132 valence electrons. The molecule has 0 aliphatic rings. The molecule has 0 aliphatic carbocycles. The Kier molecular flexibility index (Phi) is 5.48. The van der Waals surface area contributed by atoms with Gasteiger partial charge in [0.1, 0.15) is 6.33 Å². The highest BCUT2D eigenvalue weighted by Crippen LogP contribution is 2.28. The fourth-order valence-corrected chi connectivity index (χ4v) is 3.83. The second-order valence-corrected chi connectivity index (χ2v) is 7.58. The third-order valence-corrected chi connectivity index (χ3v) is 5.39. The van der Waals surface area contributed by atoms with Crippen molar-refractivity contribution in [3.8, 4) is 0 Å². The van der Waals surface area contributed by atoms with Crippen molar-refractivity contribution in [2.24, 2.45) is 5.92 Å². The Bertz CT molecular complexity index is 835. The van der Waals surface area contributed by atoms with Crippen LogP contribution in [0.2, 0.25) is 0 Å². The molecule has 2 heterocycles. The Morgan fingerprint density at radius 1 is 1.28 bits per heavy atom. The van der Waals surface area contributed by atoms with Crippen LogP contribution in [0, 0.1) is 12.8 Å². The number of carbonyl (C=O) groups is 1. The second kappa shape index (κ2) is 7.78. The molecule has 0 saturated carbocycles. The summed E-state index contributed by atoms with van der Waals surface area (Å²) in [6, 6.07) is 8.51. The van der Waals surface area contributed by atoms with Gasteiger partial charge >= 0.3 is 0 Å². The lowest BCUT2D eigenvalue weighted by atomic mass is 9.85. The minimum atomic E-state index is 0.101. The quantitative estimate of drug-likeness (QED) is 0.704. The highest BCUT2D eigenvalue weighted by atomic mass is 32.1. The Hall–Kier alpha value is -2.21. The van der Waals surface area contributed by atoms with Crippen LogP contribution in [0.4, 0.5) is 0 Å². The lowest BCUT2D eigenvalue weighted by Crippen LogP contribution is -2.28. The summed E-state index contributed by atoms with van der Waals surface area (Å²) in [5.41, 5.74) is 3.56. The summed E-state index contributed by atoms with van der Waals surface area (Å²) in [6.45, 7) is 7.04.